The van der Waals surface area contributed by atoms with Gasteiger partial charge < -0.3 is 14.2 Å². The van der Waals surface area contributed by atoms with Crippen molar-refractivity contribution in [2.75, 3.05) is 0 Å². The second-order valence-corrected chi connectivity index (χ2v) is 6.96. The molecule has 0 saturated heterocycles. The van der Waals surface area contributed by atoms with E-state index in [9.17, 15) is 4.79 Å². The summed E-state index contributed by atoms with van der Waals surface area (Å²) in [7, 11) is 0. The van der Waals surface area contributed by atoms with E-state index in [1.165, 1.54) is 0 Å². The normalized spacial score (nSPS) is 12.0. The maximum atomic E-state index is 13.0. The Hall–Kier alpha value is -3.15. The van der Waals surface area contributed by atoms with Crippen LogP contribution in [0.5, 0.6) is 5.75 Å². The van der Waals surface area contributed by atoms with Crippen LogP contribution in [0.2, 0.25) is 0 Å². The lowest BCUT2D eigenvalue weighted by Crippen LogP contribution is -2.44. The Kier molecular flexibility index (Phi) is 6.09. The molecule has 0 fully saturated rings. The van der Waals surface area contributed by atoms with Gasteiger partial charge in [-0.1, -0.05) is 53.7 Å². The highest BCUT2D eigenvalue weighted by Crippen LogP contribution is 2.20. The summed E-state index contributed by atoms with van der Waals surface area (Å²) < 4.78 is 11.3. The van der Waals surface area contributed by atoms with Crippen LogP contribution in [-0.2, 0) is 11.3 Å². The van der Waals surface area contributed by atoms with Gasteiger partial charge in [-0.25, -0.2) is 0 Å². The molecule has 1 amide bonds. The van der Waals surface area contributed by atoms with Gasteiger partial charge >= 0.3 is 0 Å². The first-order valence-electron chi connectivity index (χ1n) is 9.36. The predicted octanol–water partition coefficient (Wildman–Crippen LogP) is 4.25. The van der Waals surface area contributed by atoms with E-state index in [-0.39, 0.29) is 18.5 Å². The monoisotopic (exact) mass is 379 g/mol. The molecule has 0 aliphatic carbocycles. The molecule has 1 heterocycles. The second kappa shape index (κ2) is 8.69. The zero-order valence-corrected chi connectivity index (χ0v) is 16.6. The molecule has 0 N–H and O–H groups in total. The first kappa shape index (κ1) is 19.6. The molecule has 0 spiro atoms. The third kappa shape index (κ3) is 4.57. The molecule has 0 unspecified atom stereocenters. The maximum absolute atomic E-state index is 13.0. The van der Waals surface area contributed by atoms with Gasteiger partial charge in [0.15, 0.2) is 6.10 Å². The topological polar surface area (TPSA) is 68.5 Å². The predicted molar refractivity (Wildman–Crippen MR) is 107 cm³/mol. The first-order chi connectivity index (χ1) is 13.5. The number of carbonyl (C=O) groups is 1. The molecule has 3 aromatic rings. The Balaban J connectivity index is 1.72. The molecule has 146 valence electrons. The minimum atomic E-state index is -0.625. The SMILES string of the molecule is Cc1ccccc1O[C@@H](C)C(=O)N(Cc1nc(-c2ccccc2)no1)C(C)C. The summed E-state index contributed by atoms with van der Waals surface area (Å²) in [6, 6.07) is 17.2. The number of aryl methyl sites for hydroxylation is 1. The van der Waals surface area contributed by atoms with Crippen molar-refractivity contribution >= 4 is 5.91 Å². The number of amides is 1. The van der Waals surface area contributed by atoms with E-state index in [1.54, 1.807) is 11.8 Å². The molecular formula is C22H25N3O3. The summed E-state index contributed by atoms with van der Waals surface area (Å²) in [5, 5.41) is 4.03. The maximum Gasteiger partial charge on any atom is 0.264 e. The van der Waals surface area contributed by atoms with Crippen LogP contribution in [0.1, 0.15) is 32.2 Å². The molecule has 0 bridgehead atoms. The van der Waals surface area contributed by atoms with Crippen LogP contribution in [0.4, 0.5) is 0 Å². The van der Waals surface area contributed by atoms with Gasteiger partial charge in [-0.05, 0) is 39.3 Å². The summed E-state index contributed by atoms with van der Waals surface area (Å²) in [6.07, 6.45) is -0.625. The van der Waals surface area contributed by atoms with Crippen LogP contribution >= 0.6 is 0 Å². The standard InChI is InChI=1S/C22H25N3O3/c1-15(2)25(22(26)17(4)27-19-13-9-8-10-16(19)3)14-20-23-21(24-28-20)18-11-6-5-7-12-18/h5-13,15,17H,14H2,1-4H3/t17-/m0/s1. The van der Waals surface area contributed by atoms with Crippen molar-refractivity contribution in [3.05, 3.63) is 66.1 Å². The molecule has 0 saturated carbocycles. The first-order valence-corrected chi connectivity index (χ1v) is 9.36. The molecule has 0 aliphatic heterocycles. The van der Waals surface area contributed by atoms with Gasteiger partial charge in [-0.2, -0.15) is 4.98 Å². The molecule has 1 atom stereocenters. The lowest BCUT2D eigenvalue weighted by atomic mass is 10.2. The number of rotatable bonds is 7. The van der Waals surface area contributed by atoms with Crippen LogP contribution in [0, 0.1) is 6.92 Å². The number of hydrogen-bond acceptors (Lipinski definition) is 5. The fourth-order valence-electron chi connectivity index (χ4n) is 2.85. The third-order valence-corrected chi connectivity index (χ3v) is 4.46. The smallest absolute Gasteiger partial charge is 0.264 e. The summed E-state index contributed by atoms with van der Waals surface area (Å²) in [6.45, 7) is 7.85. The van der Waals surface area contributed by atoms with Crippen molar-refractivity contribution in [1.29, 1.82) is 0 Å². The molecule has 2 aromatic carbocycles. The summed E-state index contributed by atoms with van der Waals surface area (Å²) in [5.74, 6) is 1.48. The van der Waals surface area contributed by atoms with Crippen LogP contribution in [-0.4, -0.2) is 33.1 Å². The third-order valence-electron chi connectivity index (χ3n) is 4.46. The fraction of sp³-hybridized carbons (Fsp3) is 0.318. The van der Waals surface area contributed by atoms with Crippen LogP contribution in [0.15, 0.2) is 59.1 Å². The van der Waals surface area contributed by atoms with Gasteiger partial charge in [-0.3, -0.25) is 4.79 Å². The van der Waals surface area contributed by atoms with E-state index in [0.717, 1.165) is 11.1 Å². The van der Waals surface area contributed by atoms with E-state index in [1.807, 2.05) is 75.4 Å². The van der Waals surface area contributed by atoms with Crippen LogP contribution in [0.3, 0.4) is 0 Å². The molecular weight excluding hydrogens is 354 g/mol. The van der Waals surface area contributed by atoms with Gasteiger partial charge in [0.2, 0.25) is 11.7 Å². The molecule has 28 heavy (non-hydrogen) atoms. The Morgan fingerprint density at radius 1 is 1.07 bits per heavy atom. The Labute approximate surface area is 165 Å². The lowest BCUT2D eigenvalue weighted by Gasteiger charge is -2.28. The number of ether oxygens (including phenoxy) is 1. The molecule has 0 aliphatic rings. The Bertz CT molecular complexity index is 922. The second-order valence-electron chi connectivity index (χ2n) is 6.96. The van der Waals surface area contributed by atoms with E-state index in [2.05, 4.69) is 10.1 Å². The van der Waals surface area contributed by atoms with E-state index >= 15 is 0 Å². The zero-order valence-electron chi connectivity index (χ0n) is 16.6. The molecule has 3 rings (SSSR count). The lowest BCUT2D eigenvalue weighted by molar-refractivity contribution is -0.140. The van der Waals surface area contributed by atoms with Gasteiger partial charge in [0.1, 0.15) is 12.3 Å². The number of carbonyl (C=O) groups excluding carboxylic acids is 1. The highest BCUT2D eigenvalue weighted by Gasteiger charge is 2.26. The van der Waals surface area contributed by atoms with Crippen LogP contribution < -0.4 is 4.74 Å². The minimum absolute atomic E-state index is 0.0394. The number of aromatic nitrogens is 2. The number of benzene rings is 2. The molecule has 0 radical (unpaired) electrons. The zero-order chi connectivity index (χ0) is 20.1. The molecule has 6 nitrogen and oxygen atoms in total. The van der Waals surface area contributed by atoms with Crippen molar-refractivity contribution in [2.24, 2.45) is 0 Å². The Morgan fingerprint density at radius 3 is 2.43 bits per heavy atom. The highest BCUT2D eigenvalue weighted by molar-refractivity contribution is 5.81. The van der Waals surface area contributed by atoms with Crippen molar-refractivity contribution in [1.82, 2.24) is 15.0 Å². The number of para-hydroxylation sites is 1. The van der Waals surface area contributed by atoms with Gasteiger partial charge in [0.05, 0.1) is 0 Å². The number of hydrogen-bond donors (Lipinski definition) is 0. The average molecular weight is 379 g/mol. The van der Waals surface area contributed by atoms with E-state index in [0.29, 0.717) is 17.5 Å². The average Bonchev–Trinajstić information content (AvgIpc) is 3.16. The fourth-order valence-corrected chi connectivity index (χ4v) is 2.85. The largest absolute Gasteiger partial charge is 0.481 e. The number of nitrogens with zero attached hydrogens (tertiary/aromatic N) is 3. The molecule has 1 aromatic heterocycles. The quantitative estimate of drug-likeness (QED) is 0.614. The highest BCUT2D eigenvalue weighted by atomic mass is 16.5. The summed E-state index contributed by atoms with van der Waals surface area (Å²) >= 11 is 0. The van der Waals surface area contributed by atoms with Gasteiger partial charge in [0.25, 0.3) is 5.91 Å². The Morgan fingerprint density at radius 2 is 1.75 bits per heavy atom. The van der Waals surface area contributed by atoms with Crippen molar-refractivity contribution in [3.8, 4) is 17.1 Å². The minimum Gasteiger partial charge on any atom is -0.481 e. The van der Waals surface area contributed by atoms with Crippen molar-refractivity contribution < 1.29 is 14.1 Å². The van der Waals surface area contributed by atoms with Crippen molar-refractivity contribution in [3.63, 3.8) is 0 Å². The van der Waals surface area contributed by atoms with E-state index in [4.69, 9.17) is 9.26 Å². The van der Waals surface area contributed by atoms with Gasteiger partial charge in [-0.15, -0.1) is 0 Å². The summed E-state index contributed by atoms with van der Waals surface area (Å²) in [5.41, 5.74) is 1.86. The van der Waals surface area contributed by atoms with Gasteiger partial charge in [0, 0.05) is 11.6 Å². The molecule has 6 heteroatoms. The van der Waals surface area contributed by atoms with Crippen LogP contribution in [0.25, 0.3) is 11.4 Å². The van der Waals surface area contributed by atoms with Crippen molar-refractivity contribution in [2.45, 2.75) is 46.4 Å². The van der Waals surface area contributed by atoms with E-state index < -0.39 is 6.10 Å². The summed E-state index contributed by atoms with van der Waals surface area (Å²) in [4.78, 5) is 19.1.